The maximum Gasteiger partial charge on any atom is 0.387 e. The number of alkyl halides is 2. The van der Waals surface area contributed by atoms with Gasteiger partial charge in [0.2, 0.25) is 0 Å². The lowest BCUT2D eigenvalue weighted by Gasteiger charge is -2.21. The summed E-state index contributed by atoms with van der Waals surface area (Å²) in [4.78, 5) is 12.0. The molecule has 0 radical (unpaired) electrons. The number of hydrogen-bond acceptors (Lipinski definition) is 6. The van der Waals surface area contributed by atoms with Crippen LogP contribution >= 0.6 is 23.5 Å². The largest absolute Gasteiger partial charge is 0.493 e. The van der Waals surface area contributed by atoms with Crippen LogP contribution in [-0.4, -0.2) is 44.3 Å². The van der Waals surface area contributed by atoms with Gasteiger partial charge in [0.1, 0.15) is 5.75 Å². The number of methoxy groups -OCH3 is 1. The van der Waals surface area contributed by atoms with Gasteiger partial charge in [0, 0.05) is 6.54 Å². The van der Waals surface area contributed by atoms with Crippen LogP contribution in [0.4, 0.5) is 8.78 Å². The number of amides is 1. The van der Waals surface area contributed by atoms with Crippen molar-refractivity contribution in [3.63, 3.8) is 0 Å². The lowest BCUT2D eigenvalue weighted by molar-refractivity contribution is -0.123. The molecule has 0 bridgehead atoms. The molecule has 31 heavy (non-hydrogen) atoms. The molecule has 1 saturated heterocycles. The number of carbonyl (C=O) groups excluding carboxylic acids is 1. The van der Waals surface area contributed by atoms with Gasteiger partial charge in [0.25, 0.3) is 5.91 Å². The molecule has 0 aromatic heterocycles. The molecule has 3 rings (SSSR count). The van der Waals surface area contributed by atoms with E-state index in [1.54, 1.807) is 12.1 Å². The molecule has 0 aliphatic carbocycles. The second-order valence-corrected chi connectivity index (χ2v) is 9.47. The van der Waals surface area contributed by atoms with Crippen LogP contribution in [0.5, 0.6) is 17.2 Å². The van der Waals surface area contributed by atoms with Crippen molar-refractivity contribution in [3.05, 3.63) is 53.6 Å². The minimum Gasteiger partial charge on any atom is -0.493 e. The first kappa shape index (κ1) is 23.5. The van der Waals surface area contributed by atoms with E-state index >= 15 is 0 Å². The van der Waals surface area contributed by atoms with Gasteiger partial charge in [-0.2, -0.15) is 8.78 Å². The summed E-state index contributed by atoms with van der Waals surface area (Å²) in [6, 6.07) is 12.7. The van der Waals surface area contributed by atoms with Crippen molar-refractivity contribution < 1.29 is 27.8 Å². The van der Waals surface area contributed by atoms with Crippen LogP contribution in [0.25, 0.3) is 0 Å². The highest BCUT2D eigenvalue weighted by molar-refractivity contribution is 8.16. The molecule has 1 N–H and O–H groups in total. The molecule has 168 valence electrons. The molecule has 0 saturated carbocycles. The number of thioether (sulfide) groups is 2. The maximum absolute atomic E-state index is 12.5. The monoisotopic (exact) mass is 469 g/mol. The predicted molar refractivity (Wildman–Crippen MR) is 121 cm³/mol. The normalized spacial score (nSPS) is 14.3. The number of halogens is 2. The predicted octanol–water partition coefficient (Wildman–Crippen LogP) is 4.90. The molecule has 0 unspecified atom stereocenters. The fourth-order valence-corrected chi connectivity index (χ4v) is 5.91. The first-order valence-electron chi connectivity index (χ1n) is 9.89. The van der Waals surface area contributed by atoms with Crippen molar-refractivity contribution in [2.75, 3.05) is 31.8 Å². The van der Waals surface area contributed by atoms with Gasteiger partial charge >= 0.3 is 6.61 Å². The molecule has 1 aliphatic heterocycles. The lowest BCUT2D eigenvalue weighted by Crippen LogP contribution is -2.30. The Labute approximate surface area is 189 Å². The van der Waals surface area contributed by atoms with Crippen LogP contribution < -0.4 is 19.5 Å². The number of carbonyl (C=O) groups is 1. The smallest absolute Gasteiger partial charge is 0.387 e. The quantitative estimate of drug-likeness (QED) is 0.534. The highest BCUT2D eigenvalue weighted by atomic mass is 32.2. The average Bonchev–Trinajstić information content (AvgIpc) is 2.78. The molecule has 5 nitrogen and oxygen atoms in total. The van der Waals surface area contributed by atoms with E-state index in [0.717, 1.165) is 5.56 Å². The van der Waals surface area contributed by atoms with E-state index in [2.05, 4.69) is 10.1 Å². The molecule has 1 aliphatic rings. The topological polar surface area (TPSA) is 56.8 Å². The van der Waals surface area contributed by atoms with E-state index in [1.165, 1.54) is 36.7 Å². The second kappa shape index (κ2) is 12.0. The number of hydrogen-bond donors (Lipinski definition) is 1. The summed E-state index contributed by atoms with van der Waals surface area (Å²) in [7, 11) is 1.38. The second-order valence-electron chi connectivity index (χ2n) is 6.75. The van der Waals surface area contributed by atoms with E-state index in [4.69, 9.17) is 9.47 Å². The zero-order valence-corrected chi connectivity index (χ0v) is 18.8. The summed E-state index contributed by atoms with van der Waals surface area (Å²) < 4.78 is 40.5. The number of benzene rings is 2. The standard InChI is InChI=1S/C22H25F2NO4S2/c1-27-18-8-3-15(13-19(18)29-22(23)24)9-10-25-20(26)14-28-17-6-4-16(5-7-17)21-30-11-2-12-31-21/h3-8,13,21-22H,2,9-12,14H2,1H3,(H,25,26). The van der Waals surface area contributed by atoms with E-state index in [9.17, 15) is 13.6 Å². The molecule has 0 atom stereocenters. The number of nitrogens with one attached hydrogen (secondary N) is 1. The Kier molecular flexibility index (Phi) is 9.14. The van der Waals surface area contributed by atoms with Crippen molar-refractivity contribution >= 4 is 29.4 Å². The van der Waals surface area contributed by atoms with Crippen molar-refractivity contribution in [1.82, 2.24) is 5.32 Å². The van der Waals surface area contributed by atoms with Gasteiger partial charge in [0.05, 0.1) is 11.7 Å². The first-order valence-corrected chi connectivity index (χ1v) is 12.0. The Morgan fingerprint density at radius 2 is 1.87 bits per heavy atom. The van der Waals surface area contributed by atoms with Gasteiger partial charge in [0.15, 0.2) is 18.1 Å². The van der Waals surface area contributed by atoms with Crippen LogP contribution in [0.2, 0.25) is 0 Å². The van der Waals surface area contributed by atoms with Gasteiger partial charge in [-0.05, 0) is 59.7 Å². The van der Waals surface area contributed by atoms with Crippen LogP contribution in [0, 0.1) is 0 Å². The Hall–Kier alpha value is -2.13. The number of ether oxygens (including phenoxy) is 3. The summed E-state index contributed by atoms with van der Waals surface area (Å²) in [5.74, 6) is 2.97. The summed E-state index contributed by atoms with van der Waals surface area (Å²) in [6.45, 7) is -2.68. The van der Waals surface area contributed by atoms with Crippen LogP contribution in [-0.2, 0) is 11.2 Å². The molecule has 9 heteroatoms. The average molecular weight is 470 g/mol. The molecule has 1 fully saturated rings. The molecule has 1 amide bonds. The van der Waals surface area contributed by atoms with E-state index in [-0.39, 0.29) is 24.0 Å². The maximum atomic E-state index is 12.5. The van der Waals surface area contributed by atoms with Crippen molar-refractivity contribution in [2.24, 2.45) is 0 Å². The SMILES string of the molecule is COc1ccc(CCNC(=O)COc2ccc(C3SCCCS3)cc2)cc1OC(F)F. The van der Waals surface area contributed by atoms with E-state index in [0.29, 0.717) is 23.3 Å². The van der Waals surface area contributed by atoms with Crippen LogP contribution in [0.3, 0.4) is 0 Å². The molecular formula is C22H25F2NO4S2. The van der Waals surface area contributed by atoms with Gasteiger partial charge in [-0.1, -0.05) is 18.2 Å². The third-order valence-electron chi connectivity index (χ3n) is 4.53. The molecule has 2 aromatic rings. The zero-order chi connectivity index (χ0) is 22.1. The van der Waals surface area contributed by atoms with Gasteiger partial charge in [-0.15, -0.1) is 23.5 Å². The minimum atomic E-state index is -2.93. The van der Waals surface area contributed by atoms with Gasteiger partial charge < -0.3 is 19.5 Å². The molecule has 1 heterocycles. The van der Waals surface area contributed by atoms with Crippen LogP contribution in [0.1, 0.15) is 22.1 Å². The summed E-state index contributed by atoms with van der Waals surface area (Å²) in [5.41, 5.74) is 2.01. The Bertz CT molecular complexity index is 846. The molecule has 0 spiro atoms. The van der Waals surface area contributed by atoms with Crippen molar-refractivity contribution in [2.45, 2.75) is 24.0 Å². The fraction of sp³-hybridized carbons (Fsp3) is 0.409. The number of rotatable bonds is 10. The Balaban J connectivity index is 1.41. The van der Waals surface area contributed by atoms with Crippen molar-refractivity contribution in [1.29, 1.82) is 0 Å². The highest BCUT2D eigenvalue weighted by Gasteiger charge is 2.16. The van der Waals surface area contributed by atoms with E-state index < -0.39 is 6.61 Å². The summed E-state index contributed by atoms with van der Waals surface area (Å²) in [6.07, 6.45) is 1.71. The van der Waals surface area contributed by atoms with Crippen LogP contribution in [0.15, 0.2) is 42.5 Å². The van der Waals surface area contributed by atoms with Gasteiger partial charge in [-0.3, -0.25) is 4.79 Å². The van der Waals surface area contributed by atoms with E-state index in [1.807, 2.05) is 47.8 Å². The first-order chi connectivity index (χ1) is 15.0. The Morgan fingerprint density at radius 1 is 1.13 bits per heavy atom. The highest BCUT2D eigenvalue weighted by Crippen LogP contribution is 2.43. The molecule has 2 aromatic carbocycles. The minimum absolute atomic E-state index is 0.0295. The lowest BCUT2D eigenvalue weighted by atomic mass is 10.1. The zero-order valence-electron chi connectivity index (χ0n) is 17.1. The van der Waals surface area contributed by atoms with Gasteiger partial charge in [-0.25, -0.2) is 0 Å². The molecular weight excluding hydrogens is 444 g/mol. The fourth-order valence-electron chi connectivity index (χ4n) is 3.01. The Morgan fingerprint density at radius 3 is 2.55 bits per heavy atom. The summed E-state index contributed by atoms with van der Waals surface area (Å²) >= 11 is 3.92. The van der Waals surface area contributed by atoms with Crippen molar-refractivity contribution in [3.8, 4) is 17.2 Å². The third kappa shape index (κ3) is 7.50. The third-order valence-corrected chi connectivity index (χ3v) is 7.54. The summed E-state index contributed by atoms with van der Waals surface area (Å²) in [5, 5.41) is 2.76.